The van der Waals surface area contributed by atoms with Crippen molar-refractivity contribution in [2.45, 2.75) is 29.7 Å². The molecule has 0 aliphatic rings. The Morgan fingerprint density at radius 1 is 1.29 bits per heavy atom. The zero-order valence-corrected chi connectivity index (χ0v) is 14.1. The van der Waals surface area contributed by atoms with Gasteiger partial charge in [0.05, 0.1) is 0 Å². The van der Waals surface area contributed by atoms with Gasteiger partial charge in [-0.25, -0.2) is 0 Å². The van der Waals surface area contributed by atoms with Crippen molar-refractivity contribution in [1.82, 2.24) is 10.6 Å². The minimum absolute atomic E-state index is 0.320. The van der Waals surface area contributed by atoms with Gasteiger partial charge in [0.25, 0.3) is 0 Å². The fourth-order valence-corrected chi connectivity index (χ4v) is 1.99. The lowest BCUT2D eigenvalue weighted by Crippen LogP contribution is -2.53. The Hall–Kier alpha value is -0.740. The van der Waals surface area contributed by atoms with Gasteiger partial charge in [-0.3, -0.25) is 10.1 Å². The van der Waals surface area contributed by atoms with Crippen molar-refractivity contribution in [2.24, 2.45) is 0 Å². The molecule has 1 atom stereocenters. The van der Waals surface area contributed by atoms with Gasteiger partial charge in [-0.05, 0) is 24.6 Å². The number of alkyl halides is 3. The zero-order chi connectivity index (χ0) is 15.7. The molecule has 0 saturated heterocycles. The van der Waals surface area contributed by atoms with E-state index in [4.69, 9.17) is 34.8 Å². The topological polar surface area (TPSA) is 41.1 Å². The summed E-state index contributed by atoms with van der Waals surface area (Å²) in [5.74, 6) is -0.320. The monoisotopic (exact) mass is 348 g/mol. The van der Waals surface area contributed by atoms with Crippen LogP contribution in [0.1, 0.15) is 25.3 Å². The predicted octanol–water partition coefficient (Wildman–Crippen LogP) is 3.90. The number of benzene rings is 1. The van der Waals surface area contributed by atoms with Crippen LogP contribution in [0.25, 0.3) is 6.08 Å². The highest BCUT2D eigenvalue weighted by atomic mass is 35.6. The summed E-state index contributed by atoms with van der Waals surface area (Å²) < 4.78 is -1.61. The Bertz CT molecular complexity index is 458. The first-order valence-corrected chi connectivity index (χ1v) is 7.90. The molecule has 0 saturated carbocycles. The summed E-state index contributed by atoms with van der Waals surface area (Å²) in [6.45, 7) is 2.73. The molecule has 1 aromatic carbocycles. The Morgan fingerprint density at radius 2 is 1.95 bits per heavy atom. The predicted molar refractivity (Wildman–Crippen MR) is 90.6 cm³/mol. The molecular formula is C15H19Cl3N2O. The van der Waals surface area contributed by atoms with E-state index in [1.165, 1.54) is 6.08 Å². The average molecular weight is 350 g/mol. The van der Waals surface area contributed by atoms with Gasteiger partial charge in [-0.1, -0.05) is 78.5 Å². The second-order valence-electron chi connectivity index (χ2n) is 4.53. The van der Waals surface area contributed by atoms with Gasteiger partial charge in [0.15, 0.2) is 0 Å². The summed E-state index contributed by atoms with van der Waals surface area (Å²) in [5.41, 5.74) is 0.928. The molecule has 6 heteroatoms. The first-order valence-electron chi connectivity index (χ1n) is 6.77. The standard InChI is InChI=1S/C15H19Cl3N2O/c1-2-3-11-19-14(15(16,17)18)20-13(21)10-9-12-7-5-4-6-8-12/h4-10,14,19H,2-3,11H2,1H3,(H,20,21)/b10-9+/t14-/m0/s1. The number of hydrogen-bond donors (Lipinski definition) is 2. The fraction of sp³-hybridized carbons (Fsp3) is 0.400. The minimum Gasteiger partial charge on any atom is -0.333 e. The second-order valence-corrected chi connectivity index (χ2v) is 6.90. The van der Waals surface area contributed by atoms with Gasteiger partial charge >= 0.3 is 0 Å². The summed E-state index contributed by atoms with van der Waals surface area (Å²) >= 11 is 17.6. The molecule has 0 unspecified atom stereocenters. The molecule has 0 aliphatic carbocycles. The van der Waals surface area contributed by atoms with Crippen LogP contribution in [-0.4, -0.2) is 22.4 Å². The molecule has 3 nitrogen and oxygen atoms in total. The minimum atomic E-state index is -1.61. The highest BCUT2D eigenvalue weighted by molar-refractivity contribution is 6.68. The van der Waals surface area contributed by atoms with Crippen LogP contribution in [0.4, 0.5) is 0 Å². The van der Waals surface area contributed by atoms with Gasteiger partial charge in [-0.2, -0.15) is 0 Å². The lowest BCUT2D eigenvalue weighted by Gasteiger charge is -2.26. The SMILES string of the molecule is CCCCN[C@@H](NC(=O)/C=C/c1ccccc1)C(Cl)(Cl)Cl. The van der Waals surface area contributed by atoms with Crippen LogP contribution in [0.2, 0.25) is 0 Å². The summed E-state index contributed by atoms with van der Waals surface area (Å²) in [6, 6.07) is 9.50. The van der Waals surface area contributed by atoms with Crippen molar-refractivity contribution in [3.8, 4) is 0 Å². The summed E-state index contributed by atoms with van der Waals surface area (Å²) in [4.78, 5) is 11.9. The van der Waals surface area contributed by atoms with Crippen molar-refractivity contribution >= 4 is 46.8 Å². The van der Waals surface area contributed by atoms with Crippen molar-refractivity contribution < 1.29 is 4.79 Å². The molecule has 2 N–H and O–H groups in total. The molecule has 1 rings (SSSR count). The van der Waals surface area contributed by atoms with Gasteiger partial charge in [0.2, 0.25) is 9.70 Å². The molecule has 1 aromatic rings. The number of amides is 1. The molecule has 0 aliphatic heterocycles. The molecule has 116 valence electrons. The molecule has 0 aromatic heterocycles. The van der Waals surface area contributed by atoms with E-state index in [-0.39, 0.29) is 5.91 Å². The van der Waals surface area contributed by atoms with E-state index in [9.17, 15) is 4.79 Å². The third kappa shape index (κ3) is 7.72. The van der Waals surface area contributed by atoms with E-state index < -0.39 is 9.96 Å². The molecule has 0 radical (unpaired) electrons. The average Bonchev–Trinajstić information content (AvgIpc) is 2.44. The van der Waals surface area contributed by atoms with Crippen molar-refractivity contribution in [3.63, 3.8) is 0 Å². The largest absolute Gasteiger partial charge is 0.333 e. The van der Waals surface area contributed by atoms with Crippen LogP contribution >= 0.6 is 34.8 Å². The number of unbranched alkanes of at least 4 members (excludes halogenated alkanes) is 1. The van der Waals surface area contributed by atoms with Gasteiger partial charge < -0.3 is 5.32 Å². The Balaban J connectivity index is 2.57. The summed E-state index contributed by atoms with van der Waals surface area (Å²) in [7, 11) is 0. The van der Waals surface area contributed by atoms with Gasteiger partial charge in [-0.15, -0.1) is 0 Å². The Morgan fingerprint density at radius 3 is 2.52 bits per heavy atom. The van der Waals surface area contributed by atoms with Gasteiger partial charge in [0.1, 0.15) is 6.17 Å². The number of carbonyl (C=O) groups is 1. The lowest BCUT2D eigenvalue weighted by atomic mass is 10.2. The third-order valence-corrected chi connectivity index (χ3v) is 3.37. The normalized spacial score (nSPS) is 13.3. The van der Waals surface area contributed by atoms with Crippen LogP contribution in [-0.2, 0) is 4.79 Å². The maximum atomic E-state index is 11.9. The second kappa shape index (κ2) is 9.31. The zero-order valence-electron chi connectivity index (χ0n) is 11.8. The van der Waals surface area contributed by atoms with Crippen LogP contribution in [0.3, 0.4) is 0 Å². The van der Waals surface area contributed by atoms with Crippen molar-refractivity contribution in [1.29, 1.82) is 0 Å². The molecular weight excluding hydrogens is 331 g/mol. The Kier molecular flexibility index (Phi) is 8.12. The smallest absolute Gasteiger partial charge is 0.245 e. The van der Waals surface area contributed by atoms with E-state index >= 15 is 0 Å². The third-order valence-electron chi connectivity index (χ3n) is 2.72. The molecule has 21 heavy (non-hydrogen) atoms. The maximum Gasteiger partial charge on any atom is 0.245 e. The summed E-state index contributed by atoms with van der Waals surface area (Å²) in [5, 5.41) is 5.68. The van der Waals surface area contributed by atoms with E-state index in [1.54, 1.807) is 6.08 Å². The molecule has 0 fully saturated rings. The maximum absolute atomic E-state index is 11.9. The van der Waals surface area contributed by atoms with Gasteiger partial charge in [0, 0.05) is 6.08 Å². The quantitative estimate of drug-likeness (QED) is 0.339. The highest BCUT2D eigenvalue weighted by Crippen LogP contribution is 2.29. The van der Waals surface area contributed by atoms with Crippen LogP contribution in [0.15, 0.2) is 36.4 Å². The number of nitrogens with one attached hydrogen (secondary N) is 2. The first kappa shape index (κ1) is 18.3. The van der Waals surface area contributed by atoms with E-state index in [0.29, 0.717) is 6.54 Å². The number of hydrogen-bond acceptors (Lipinski definition) is 2. The van der Waals surface area contributed by atoms with Crippen molar-refractivity contribution in [2.75, 3.05) is 6.54 Å². The molecule has 0 spiro atoms. The highest BCUT2D eigenvalue weighted by Gasteiger charge is 2.32. The number of halogens is 3. The van der Waals surface area contributed by atoms with Crippen LogP contribution in [0.5, 0.6) is 0 Å². The molecule has 0 heterocycles. The lowest BCUT2D eigenvalue weighted by molar-refractivity contribution is -0.117. The molecule has 0 bridgehead atoms. The number of carbonyl (C=O) groups excluding carboxylic acids is 1. The van der Waals surface area contributed by atoms with E-state index in [0.717, 1.165) is 18.4 Å². The number of rotatable bonds is 7. The van der Waals surface area contributed by atoms with Crippen LogP contribution < -0.4 is 10.6 Å². The molecule has 1 amide bonds. The van der Waals surface area contributed by atoms with Crippen LogP contribution in [0, 0.1) is 0 Å². The summed E-state index contributed by atoms with van der Waals surface area (Å²) in [6.07, 6.45) is 4.34. The van der Waals surface area contributed by atoms with Crippen molar-refractivity contribution in [3.05, 3.63) is 42.0 Å². The van der Waals surface area contributed by atoms with E-state index in [1.807, 2.05) is 30.3 Å². The van der Waals surface area contributed by atoms with E-state index in [2.05, 4.69) is 17.6 Å². The first-order chi connectivity index (χ1) is 9.93. The fourth-order valence-electron chi connectivity index (χ4n) is 1.60. The Labute approximate surface area is 140 Å².